The molecule has 5 N–H and O–H groups in total. The Balaban J connectivity index is 2.32. The third-order valence-corrected chi connectivity index (χ3v) is 6.03. The van der Waals surface area contributed by atoms with E-state index in [1.807, 2.05) is 0 Å². The molecular weight excluding hydrogens is 508 g/mol. The summed E-state index contributed by atoms with van der Waals surface area (Å²) in [7, 11) is -3.65. The Kier molecular flexibility index (Phi) is 9.60. The van der Waals surface area contributed by atoms with E-state index in [9.17, 15) is 37.0 Å². The van der Waals surface area contributed by atoms with Crippen LogP contribution in [0.4, 0.5) is 13.9 Å². The number of rotatable bonds is 11. The summed E-state index contributed by atoms with van der Waals surface area (Å²) in [6.07, 6.45) is -3.38. The van der Waals surface area contributed by atoms with Gasteiger partial charge in [0.25, 0.3) is 5.91 Å². The molecule has 1 aromatic heterocycles. The second-order valence-corrected chi connectivity index (χ2v) is 10.2. The van der Waals surface area contributed by atoms with E-state index in [1.165, 1.54) is 5.38 Å². The largest absolute Gasteiger partial charge is 0.388 e. The lowest BCUT2D eigenvalue weighted by Crippen LogP contribution is -2.56. The normalized spacial score (nSPS) is 14.8. The first kappa shape index (κ1) is 28.1. The molecule has 1 heterocycles. The van der Waals surface area contributed by atoms with E-state index in [0.29, 0.717) is 6.07 Å². The molecule has 0 radical (unpaired) electrons. The van der Waals surface area contributed by atoms with Crippen LogP contribution in [-0.4, -0.2) is 66.0 Å². The topological polar surface area (TPSA) is 182 Å². The van der Waals surface area contributed by atoms with Crippen molar-refractivity contribution in [3.8, 4) is 6.07 Å². The number of carbonyl (C=O) groups excluding carboxylic acids is 2. The van der Waals surface area contributed by atoms with Crippen LogP contribution < -0.4 is 15.4 Å². The molecule has 0 bridgehead atoms. The molecule has 11 nitrogen and oxygen atoms in total. The number of carbonyl (C=O) groups is 2. The standard InChI is InChI=1S/C20H23F2N5O6S2/c1-10(28)24-14(3-4-23)17(29)18(30)15(7-11-5-12(21)8-13(22)6-11)25-19(31)16-9-34-20(26-16)27-35(2,32)33/h5-6,8-9,14-15,17-18,29-30H,3,7H2,1-2H3,(H,24,28)(H,25,31)(H,26,27)/t14-,15+,17+,18+/m0/s1. The van der Waals surface area contributed by atoms with Crippen molar-refractivity contribution in [1.82, 2.24) is 15.6 Å². The molecule has 4 atom stereocenters. The number of aliphatic hydroxyl groups is 2. The minimum Gasteiger partial charge on any atom is -0.388 e. The van der Waals surface area contributed by atoms with E-state index in [2.05, 4.69) is 20.3 Å². The smallest absolute Gasteiger partial charge is 0.271 e. The van der Waals surface area contributed by atoms with E-state index < -0.39 is 57.8 Å². The molecule has 0 saturated heterocycles. The van der Waals surface area contributed by atoms with E-state index in [1.54, 1.807) is 6.07 Å². The third kappa shape index (κ3) is 8.83. The van der Waals surface area contributed by atoms with Crippen LogP contribution in [0.15, 0.2) is 23.6 Å². The number of hydrogen-bond acceptors (Lipinski definition) is 9. The zero-order chi connectivity index (χ0) is 26.3. The number of halogens is 2. The van der Waals surface area contributed by atoms with Crippen LogP contribution in [0.25, 0.3) is 0 Å². The molecule has 0 fully saturated rings. The molecule has 2 aromatic rings. The van der Waals surface area contributed by atoms with Crippen LogP contribution in [0.5, 0.6) is 0 Å². The van der Waals surface area contributed by atoms with Gasteiger partial charge in [-0.15, -0.1) is 11.3 Å². The number of thiazole rings is 1. The minimum atomic E-state index is -3.65. The summed E-state index contributed by atoms with van der Waals surface area (Å²) < 4.78 is 52.2. The maximum atomic E-state index is 13.7. The highest BCUT2D eigenvalue weighted by molar-refractivity contribution is 7.92. The highest BCUT2D eigenvalue weighted by Gasteiger charge is 2.34. The molecule has 0 aliphatic carbocycles. The van der Waals surface area contributed by atoms with Crippen molar-refractivity contribution in [3.05, 3.63) is 46.5 Å². The van der Waals surface area contributed by atoms with Crippen LogP contribution in [-0.2, 0) is 21.2 Å². The van der Waals surface area contributed by atoms with E-state index in [4.69, 9.17) is 5.26 Å². The number of hydrogen-bond donors (Lipinski definition) is 5. The van der Waals surface area contributed by atoms with Crippen molar-refractivity contribution in [2.75, 3.05) is 11.0 Å². The molecule has 0 saturated carbocycles. The zero-order valence-electron chi connectivity index (χ0n) is 18.5. The molecule has 35 heavy (non-hydrogen) atoms. The summed E-state index contributed by atoms with van der Waals surface area (Å²) in [5.74, 6) is -3.28. The lowest BCUT2D eigenvalue weighted by atomic mass is 9.92. The quantitative estimate of drug-likeness (QED) is 0.274. The van der Waals surface area contributed by atoms with Gasteiger partial charge in [0.05, 0.1) is 30.8 Å². The van der Waals surface area contributed by atoms with Crippen LogP contribution in [0.2, 0.25) is 0 Å². The summed E-state index contributed by atoms with van der Waals surface area (Å²) in [5.41, 5.74) is -0.193. The van der Waals surface area contributed by atoms with Gasteiger partial charge in [-0.25, -0.2) is 22.2 Å². The van der Waals surface area contributed by atoms with Gasteiger partial charge in [0.1, 0.15) is 29.5 Å². The average molecular weight is 532 g/mol. The lowest BCUT2D eigenvalue weighted by Gasteiger charge is -2.31. The lowest BCUT2D eigenvalue weighted by molar-refractivity contribution is -0.121. The molecular formula is C20H23F2N5O6S2. The number of benzene rings is 1. The zero-order valence-corrected chi connectivity index (χ0v) is 20.2. The molecule has 190 valence electrons. The van der Waals surface area contributed by atoms with E-state index in [-0.39, 0.29) is 29.2 Å². The van der Waals surface area contributed by atoms with Crippen LogP contribution in [0, 0.1) is 23.0 Å². The fourth-order valence-corrected chi connectivity index (χ4v) is 4.70. The number of nitrogens with zero attached hydrogens (tertiary/aromatic N) is 2. The molecule has 15 heteroatoms. The second kappa shape index (κ2) is 12.0. The van der Waals surface area contributed by atoms with Gasteiger partial charge in [0.15, 0.2) is 5.13 Å². The van der Waals surface area contributed by atoms with Crippen molar-refractivity contribution >= 4 is 38.3 Å². The Bertz CT molecular complexity index is 1200. The SMILES string of the molecule is CC(=O)N[C@@H](CC#N)[C@@H](O)[C@H](O)[C@@H](Cc1cc(F)cc(F)c1)NC(=O)c1csc(NS(C)(=O)=O)n1. The Morgan fingerprint density at radius 2 is 1.74 bits per heavy atom. The molecule has 0 spiro atoms. The number of anilines is 1. The molecule has 0 unspecified atom stereocenters. The van der Waals surface area contributed by atoms with Crippen LogP contribution in [0.1, 0.15) is 29.4 Å². The predicted octanol–water partition coefficient (Wildman–Crippen LogP) is 0.274. The van der Waals surface area contributed by atoms with Crippen LogP contribution in [0.3, 0.4) is 0 Å². The Morgan fingerprint density at radius 3 is 2.29 bits per heavy atom. The second-order valence-electron chi connectivity index (χ2n) is 7.62. The Labute approximate surface area is 203 Å². The highest BCUT2D eigenvalue weighted by atomic mass is 32.2. The number of sulfonamides is 1. The fraction of sp³-hybridized carbons (Fsp3) is 0.400. The van der Waals surface area contributed by atoms with Crippen molar-refractivity contribution in [2.24, 2.45) is 0 Å². The Hall–Kier alpha value is -3.19. The van der Waals surface area contributed by atoms with Gasteiger partial charge in [-0.2, -0.15) is 5.26 Å². The molecule has 0 aliphatic heterocycles. The maximum Gasteiger partial charge on any atom is 0.271 e. The average Bonchev–Trinajstić information content (AvgIpc) is 3.17. The van der Waals surface area contributed by atoms with Crippen molar-refractivity contribution in [1.29, 1.82) is 5.26 Å². The molecule has 2 amide bonds. The van der Waals surface area contributed by atoms with E-state index in [0.717, 1.165) is 36.6 Å². The Morgan fingerprint density at radius 1 is 1.14 bits per heavy atom. The van der Waals surface area contributed by atoms with Gasteiger partial charge in [-0.05, 0) is 24.1 Å². The first-order valence-corrected chi connectivity index (χ1v) is 12.8. The summed E-state index contributed by atoms with van der Waals surface area (Å²) in [4.78, 5) is 28.0. The van der Waals surface area contributed by atoms with Crippen molar-refractivity contribution < 1.29 is 37.0 Å². The minimum absolute atomic E-state index is 0.0353. The van der Waals surface area contributed by atoms with Gasteiger partial charge in [0, 0.05) is 18.4 Å². The van der Waals surface area contributed by atoms with E-state index >= 15 is 0 Å². The summed E-state index contributed by atoms with van der Waals surface area (Å²) in [5, 5.41) is 36.3. The fourth-order valence-electron chi connectivity index (χ4n) is 3.16. The maximum absolute atomic E-state index is 13.7. The molecule has 0 aliphatic rings. The summed E-state index contributed by atoms with van der Waals surface area (Å²) in [6, 6.07) is 1.77. The first-order valence-electron chi connectivity index (χ1n) is 9.98. The summed E-state index contributed by atoms with van der Waals surface area (Å²) >= 11 is 0.816. The van der Waals surface area contributed by atoms with Crippen molar-refractivity contribution in [3.63, 3.8) is 0 Å². The van der Waals surface area contributed by atoms with Gasteiger partial charge < -0.3 is 20.8 Å². The number of amides is 2. The highest BCUT2D eigenvalue weighted by Crippen LogP contribution is 2.19. The summed E-state index contributed by atoms with van der Waals surface area (Å²) in [6.45, 7) is 1.14. The first-order chi connectivity index (χ1) is 16.3. The van der Waals surface area contributed by atoms with Crippen LogP contribution >= 0.6 is 11.3 Å². The predicted molar refractivity (Wildman–Crippen MR) is 122 cm³/mol. The number of aromatic nitrogens is 1. The number of aliphatic hydroxyl groups excluding tert-OH is 2. The number of nitrogens with one attached hydrogen (secondary N) is 3. The number of nitriles is 1. The van der Waals surface area contributed by atoms with Gasteiger partial charge in [-0.3, -0.25) is 14.3 Å². The van der Waals surface area contributed by atoms with Gasteiger partial charge >= 0.3 is 0 Å². The van der Waals surface area contributed by atoms with Gasteiger partial charge in [0.2, 0.25) is 15.9 Å². The van der Waals surface area contributed by atoms with Crippen molar-refractivity contribution in [2.45, 2.75) is 44.1 Å². The molecule has 2 rings (SSSR count). The molecule has 1 aromatic carbocycles. The van der Waals surface area contributed by atoms with Gasteiger partial charge in [-0.1, -0.05) is 0 Å². The third-order valence-electron chi connectivity index (χ3n) is 4.58. The monoisotopic (exact) mass is 531 g/mol.